The first kappa shape index (κ1) is 14.9. The summed E-state index contributed by atoms with van der Waals surface area (Å²) in [6.07, 6.45) is 2.57. The fraction of sp³-hybridized carbons (Fsp3) is 1.00. The number of aliphatic hydroxyl groups excluding tert-OH is 2. The lowest BCUT2D eigenvalue weighted by molar-refractivity contribution is -0.119. The Bertz CT molecular complexity index is 201. The molecule has 0 bridgehead atoms. The molecule has 5 nitrogen and oxygen atoms in total. The van der Waals surface area contributed by atoms with E-state index >= 15 is 0 Å². The summed E-state index contributed by atoms with van der Waals surface area (Å²) < 4.78 is 10.2. The van der Waals surface area contributed by atoms with Crippen LogP contribution in [0.4, 0.5) is 0 Å². The smallest absolute Gasteiger partial charge is 0.171 e. The fourth-order valence-corrected chi connectivity index (χ4v) is 2.57. The highest BCUT2D eigenvalue weighted by Gasteiger charge is 2.31. The Morgan fingerprint density at radius 1 is 1.18 bits per heavy atom. The molecule has 1 aliphatic carbocycles. The van der Waals surface area contributed by atoms with E-state index in [0.717, 1.165) is 19.3 Å². The van der Waals surface area contributed by atoms with Gasteiger partial charge in [0.2, 0.25) is 0 Å². The van der Waals surface area contributed by atoms with Crippen molar-refractivity contribution < 1.29 is 19.7 Å². The molecule has 5 heteroatoms. The molecular formula is C12H25NO4. The van der Waals surface area contributed by atoms with Gasteiger partial charge in [0.15, 0.2) is 6.29 Å². The van der Waals surface area contributed by atoms with E-state index in [9.17, 15) is 10.2 Å². The monoisotopic (exact) mass is 247 g/mol. The topological polar surface area (TPSA) is 84.9 Å². The first-order chi connectivity index (χ1) is 8.10. The highest BCUT2D eigenvalue weighted by atomic mass is 16.7. The molecule has 0 radical (unpaired) electrons. The van der Waals surface area contributed by atoms with Crippen LogP contribution >= 0.6 is 0 Å². The van der Waals surface area contributed by atoms with E-state index in [4.69, 9.17) is 15.2 Å². The van der Waals surface area contributed by atoms with Crippen LogP contribution in [-0.2, 0) is 9.47 Å². The third-order valence-electron chi connectivity index (χ3n) is 3.64. The quantitative estimate of drug-likeness (QED) is 0.585. The van der Waals surface area contributed by atoms with Gasteiger partial charge in [-0.2, -0.15) is 0 Å². The molecular weight excluding hydrogens is 222 g/mol. The number of methoxy groups -OCH3 is 2. The Kier molecular flexibility index (Phi) is 6.37. The van der Waals surface area contributed by atoms with E-state index in [0.29, 0.717) is 12.8 Å². The van der Waals surface area contributed by atoms with Crippen molar-refractivity contribution in [1.82, 2.24) is 0 Å². The summed E-state index contributed by atoms with van der Waals surface area (Å²) in [4.78, 5) is 0. The van der Waals surface area contributed by atoms with Gasteiger partial charge in [-0.25, -0.2) is 0 Å². The van der Waals surface area contributed by atoms with Gasteiger partial charge in [0.1, 0.15) is 0 Å². The van der Waals surface area contributed by atoms with Crippen LogP contribution in [0.15, 0.2) is 0 Å². The molecule has 3 unspecified atom stereocenters. The molecule has 0 saturated heterocycles. The second-order valence-corrected chi connectivity index (χ2v) is 4.81. The van der Waals surface area contributed by atoms with Gasteiger partial charge in [0.05, 0.1) is 18.2 Å². The Hall–Kier alpha value is -0.200. The summed E-state index contributed by atoms with van der Waals surface area (Å²) >= 11 is 0. The Morgan fingerprint density at radius 2 is 1.71 bits per heavy atom. The molecule has 0 aromatic rings. The highest BCUT2D eigenvalue weighted by molar-refractivity contribution is 4.83. The minimum Gasteiger partial charge on any atom is -0.393 e. The lowest BCUT2D eigenvalue weighted by Crippen LogP contribution is -2.41. The standard InChI is InChI=1S/C12H25NO4/c1-16-12(17-2)9(13)7-6-8-10(14)4-3-5-11(8)15/h8-12,14-15H,3-7,13H2,1-2H3. The van der Waals surface area contributed by atoms with Crippen molar-refractivity contribution in [3.05, 3.63) is 0 Å². The van der Waals surface area contributed by atoms with Crippen molar-refractivity contribution in [3.63, 3.8) is 0 Å². The zero-order valence-electron chi connectivity index (χ0n) is 10.7. The molecule has 102 valence electrons. The predicted molar refractivity (Wildman–Crippen MR) is 64.4 cm³/mol. The molecule has 17 heavy (non-hydrogen) atoms. The van der Waals surface area contributed by atoms with Crippen molar-refractivity contribution in [2.75, 3.05) is 14.2 Å². The zero-order chi connectivity index (χ0) is 12.8. The number of ether oxygens (including phenoxy) is 2. The number of aliphatic hydroxyl groups is 2. The Labute approximate surface area is 103 Å². The largest absolute Gasteiger partial charge is 0.393 e. The van der Waals surface area contributed by atoms with E-state index in [1.54, 1.807) is 14.2 Å². The lowest BCUT2D eigenvalue weighted by atomic mass is 9.80. The Balaban J connectivity index is 2.37. The first-order valence-electron chi connectivity index (χ1n) is 6.27. The molecule has 1 aliphatic rings. The van der Waals surface area contributed by atoms with Crippen molar-refractivity contribution in [1.29, 1.82) is 0 Å². The van der Waals surface area contributed by atoms with Gasteiger partial charge in [-0.3, -0.25) is 0 Å². The lowest BCUT2D eigenvalue weighted by Gasteiger charge is -2.33. The number of nitrogens with two attached hydrogens (primary N) is 1. The molecule has 0 aliphatic heterocycles. The van der Waals surface area contributed by atoms with Gasteiger partial charge in [-0.15, -0.1) is 0 Å². The van der Waals surface area contributed by atoms with Gasteiger partial charge in [-0.05, 0) is 32.1 Å². The summed E-state index contributed by atoms with van der Waals surface area (Å²) in [5, 5.41) is 19.7. The third kappa shape index (κ3) is 4.19. The van der Waals surface area contributed by atoms with E-state index in [1.807, 2.05) is 0 Å². The second-order valence-electron chi connectivity index (χ2n) is 4.81. The number of hydrogen-bond acceptors (Lipinski definition) is 5. The summed E-state index contributed by atoms with van der Waals surface area (Å²) in [5.41, 5.74) is 5.93. The van der Waals surface area contributed by atoms with Crippen LogP contribution in [0, 0.1) is 5.92 Å². The molecule has 4 N–H and O–H groups in total. The fourth-order valence-electron chi connectivity index (χ4n) is 2.57. The maximum absolute atomic E-state index is 9.84. The normalized spacial score (nSPS) is 31.8. The zero-order valence-corrected chi connectivity index (χ0v) is 10.7. The van der Waals surface area contributed by atoms with Crippen LogP contribution in [-0.4, -0.2) is 49.0 Å². The van der Waals surface area contributed by atoms with Gasteiger partial charge in [-0.1, -0.05) is 0 Å². The van der Waals surface area contributed by atoms with Crippen molar-refractivity contribution in [2.45, 2.75) is 56.6 Å². The van der Waals surface area contributed by atoms with Crippen molar-refractivity contribution in [2.24, 2.45) is 11.7 Å². The number of hydrogen-bond donors (Lipinski definition) is 3. The van der Waals surface area contributed by atoms with Crippen molar-refractivity contribution in [3.8, 4) is 0 Å². The van der Waals surface area contributed by atoms with E-state index in [2.05, 4.69) is 0 Å². The molecule has 3 atom stereocenters. The molecule has 0 heterocycles. The van der Waals surface area contributed by atoms with Gasteiger partial charge in [0, 0.05) is 20.1 Å². The first-order valence-corrected chi connectivity index (χ1v) is 6.27. The van der Waals surface area contributed by atoms with Crippen LogP contribution in [0.5, 0.6) is 0 Å². The summed E-state index contributed by atoms with van der Waals surface area (Å²) in [7, 11) is 3.11. The van der Waals surface area contributed by atoms with Crippen LogP contribution < -0.4 is 5.73 Å². The summed E-state index contributed by atoms with van der Waals surface area (Å²) in [5.74, 6) is -0.0656. The van der Waals surface area contributed by atoms with E-state index < -0.39 is 18.5 Å². The van der Waals surface area contributed by atoms with E-state index in [1.165, 1.54) is 0 Å². The average Bonchev–Trinajstić information content (AvgIpc) is 2.30. The number of rotatable bonds is 6. The van der Waals surface area contributed by atoms with Gasteiger partial charge >= 0.3 is 0 Å². The Morgan fingerprint density at radius 3 is 2.18 bits per heavy atom. The summed E-state index contributed by atoms with van der Waals surface area (Å²) in [6, 6.07) is -0.230. The third-order valence-corrected chi connectivity index (χ3v) is 3.64. The van der Waals surface area contributed by atoms with Crippen molar-refractivity contribution >= 4 is 0 Å². The molecule has 0 aromatic heterocycles. The van der Waals surface area contributed by atoms with Crippen LogP contribution in [0.1, 0.15) is 32.1 Å². The maximum Gasteiger partial charge on any atom is 0.171 e. The van der Waals surface area contributed by atoms with E-state index in [-0.39, 0.29) is 12.0 Å². The molecule has 1 fully saturated rings. The molecule has 0 spiro atoms. The minimum absolute atomic E-state index is 0.0656. The second kappa shape index (κ2) is 7.28. The van der Waals surface area contributed by atoms with Gasteiger partial charge in [0.25, 0.3) is 0 Å². The molecule has 0 amide bonds. The minimum atomic E-state index is -0.423. The van der Waals surface area contributed by atoms with Gasteiger partial charge < -0.3 is 25.4 Å². The highest BCUT2D eigenvalue weighted by Crippen LogP contribution is 2.29. The molecule has 0 aromatic carbocycles. The molecule has 1 saturated carbocycles. The summed E-state index contributed by atoms with van der Waals surface area (Å²) in [6.45, 7) is 0. The SMILES string of the molecule is COC(OC)C(N)CCC1C(O)CCCC1O. The average molecular weight is 247 g/mol. The van der Waals surface area contributed by atoms with Crippen LogP contribution in [0.3, 0.4) is 0 Å². The van der Waals surface area contributed by atoms with Crippen LogP contribution in [0.2, 0.25) is 0 Å². The predicted octanol–water partition coefficient (Wildman–Crippen LogP) is 0.235. The molecule has 1 rings (SSSR count). The van der Waals surface area contributed by atoms with Crippen LogP contribution in [0.25, 0.3) is 0 Å². The maximum atomic E-state index is 9.84.